The van der Waals surface area contributed by atoms with Gasteiger partial charge in [-0.05, 0) is 31.1 Å². The number of piperidine rings is 1. The Labute approximate surface area is 98.6 Å². The van der Waals surface area contributed by atoms with E-state index in [0.29, 0.717) is 5.41 Å². The molecule has 1 aliphatic heterocycles. The number of H-pyrrole nitrogens is 1. The molecule has 1 aromatic rings. The Morgan fingerprint density at radius 2 is 2.25 bits per heavy atom. The minimum atomic E-state index is -0.297. The highest BCUT2D eigenvalue weighted by Crippen LogP contribution is 2.52. The van der Waals surface area contributed by atoms with Crippen LogP contribution < -0.4 is 10.5 Å². The first-order valence-electron chi connectivity index (χ1n) is 5.68. The van der Waals surface area contributed by atoms with Crippen LogP contribution in [0, 0.1) is 5.41 Å². The largest absolute Gasteiger partial charge is 0.368 e. The average Bonchev–Trinajstić information content (AvgIpc) is 3.02. The summed E-state index contributed by atoms with van der Waals surface area (Å²) in [5.74, 6) is 0. The average molecular weight is 240 g/mol. The molecule has 1 aromatic heterocycles. The van der Waals surface area contributed by atoms with Gasteiger partial charge >= 0.3 is 0 Å². The van der Waals surface area contributed by atoms with Crippen LogP contribution in [0.25, 0.3) is 0 Å². The first-order chi connectivity index (χ1) is 7.70. The van der Waals surface area contributed by atoms with E-state index in [9.17, 15) is 4.79 Å². The van der Waals surface area contributed by atoms with Gasteiger partial charge in [0, 0.05) is 13.1 Å². The van der Waals surface area contributed by atoms with Gasteiger partial charge in [-0.3, -0.25) is 4.79 Å². The Morgan fingerprint density at radius 3 is 3.00 bits per heavy atom. The molecule has 1 saturated carbocycles. The van der Waals surface area contributed by atoms with Crippen molar-refractivity contribution in [2.75, 3.05) is 18.0 Å². The number of halogens is 1. The van der Waals surface area contributed by atoms with Crippen molar-refractivity contribution in [3.8, 4) is 0 Å². The van der Waals surface area contributed by atoms with Gasteiger partial charge in [-0.25, -0.2) is 5.10 Å². The lowest BCUT2D eigenvalue weighted by molar-refractivity contribution is 0.395. The summed E-state index contributed by atoms with van der Waals surface area (Å²) in [6.07, 6.45) is 6.79. The highest BCUT2D eigenvalue weighted by atomic mass is 35.5. The van der Waals surface area contributed by atoms with Crippen molar-refractivity contribution in [2.45, 2.75) is 25.7 Å². The molecular formula is C11H14ClN3O. The van der Waals surface area contributed by atoms with Crippen molar-refractivity contribution >= 4 is 17.3 Å². The molecule has 0 bridgehead atoms. The second-order valence-corrected chi connectivity index (χ2v) is 5.30. The van der Waals surface area contributed by atoms with Crippen LogP contribution >= 0.6 is 11.6 Å². The molecule has 0 atom stereocenters. The van der Waals surface area contributed by atoms with Crippen molar-refractivity contribution in [3.63, 3.8) is 0 Å². The summed E-state index contributed by atoms with van der Waals surface area (Å²) in [6.45, 7) is 2.00. The van der Waals surface area contributed by atoms with Gasteiger partial charge in [-0.2, -0.15) is 5.10 Å². The number of hydrogen-bond donors (Lipinski definition) is 1. The van der Waals surface area contributed by atoms with E-state index in [-0.39, 0.29) is 10.6 Å². The molecule has 0 amide bonds. The monoisotopic (exact) mass is 239 g/mol. The number of hydrogen-bond acceptors (Lipinski definition) is 3. The summed E-state index contributed by atoms with van der Waals surface area (Å²) >= 11 is 6.01. The number of nitrogens with one attached hydrogen (secondary N) is 1. The third kappa shape index (κ3) is 1.61. The van der Waals surface area contributed by atoms with Gasteiger partial charge in [0.1, 0.15) is 5.02 Å². The van der Waals surface area contributed by atoms with Crippen molar-refractivity contribution in [1.29, 1.82) is 0 Å². The molecule has 2 aliphatic rings. The molecule has 86 valence electrons. The van der Waals surface area contributed by atoms with Crippen LogP contribution in [0.4, 0.5) is 5.69 Å². The lowest BCUT2D eigenvalue weighted by Crippen LogP contribution is -2.37. The third-order valence-electron chi connectivity index (χ3n) is 3.74. The predicted octanol–water partition coefficient (Wildman–Crippen LogP) is 1.80. The van der Waals surface area contributed by atoms with Crippen LogP contribution in [0.2, 0.25) is 5.02 Å². The van der Waals surface area contributed by atoms with Crippen LogP contribution in [0.1, 0.15) is 25.7 Å². The highest BCUT2D eigenvalue weighted by Gasteiger charge is 2.45. The van der Waals surface area contributed by atoms with Crippen molar-refractivity contribution in [1.82, 2.24) is 10.2 Å². The Morgan fingerprint density at radius 1 is 1.44 bits per heavy atom. The van der Waals surface area contributed by atoms with Crippen LogP contribution in [0.5, 0.6) is 0 Å². The standard InChI is InChI=1S/C11H14ClN3O/c12-9-8(6-13-14-10(9)16)15-5-1-2-11(7-15)3-4-11/h6H,1-5,7H2,(H,14,16). The van der Waals surface area contributed by atoms with E-state index in [1.54, 1.807) is 6.20 Å². The lowest BCUT2D eigenvalue weighted by Gasteiger charge is -2.34. The molecule has 16 heavy (non-hydrogen) atoms. The zero-order valence-corrected chi connectivity index (χ0v) is 9.76. The molecule has 1 N–H and O–H groups in total. The van der Waals surface area contributed by atoms with Crippen LogP contribution in [0.15, 0.2) is 11.0 Å². The number of nitrogens with zero attached hydrogens (tertiary/aromatic N) is 2. The van der Waals surface area contributed by atoms with Crippen LogP contribution in [-0.4, -0.2) is 23.3 Å². The fourth-order valence-electron chi connectivity index (χ4n) is 2.59. The maximum atomic E-state index is 11.4. The molecule has 2 heterocycles. The van der Waals surface area contributed by atoms with Gasteiger partial charge in [-0.15, -0.1) is 0 Å². The molecule has 2 fully saturated rings. The molecule has 5 heteroatoms. The molecule has 1 saturated heterocycles. The second-order valence-electron chi connectivity index (χ2n) is 4.92. The van der Waals surface area contributed by atoms with Crippen molar-refractivity contribution < 1.29 is 0 Å². The van der Waals surface area contributed by atoms with Crippen molar-refractivity contribution in [2.24, 2.45) is 5.41 Å². The fourth-order valence-corrected chi connectivity index (χ4v) is 2.80. The van der Waals surface area contributed by atoms with E-state index < -0.39 is 0 Å². The maximum Gasteiger partial charge on any atom is 0.285 e. The second kappa shape index (κ2) is 3.48. The van der Waals surface area contributed by atoms with Gasteiger partial charge in [0.25, 0.3) is 5.56 Å². The van der Waals surface area contributed by atoms with Gasteiger partial charge in [0.15, 0.2) is 0 Å². The topological polar surface area (TPSA) is 49.0 Å². The zero-order valence-electron chi connectivity index (χ0n) is 9.00. The fraction of sp³-hybridized carbons (Fsp3) is 0.636. The van der Waals surface area contributed by atoms with E-state index in [2.05, 4.69) is 15.1 Å². The van der Waals surface area contributed by atoms with Gasteiger partial charge in [0.05, 0.1) is 11.9 Å². The summed E-state index contributed by atoms with van der Waals surface area (Å²) in [7, 11) is 0. The van der Waals surface area contributed by atoms with E-state index in [0.717, 1.165) is 18.8 Å². The summed E-state index contributed by atoms with van der Waals surface area (Å²) in [5, 5.41) is 6.45. The van der Waals surface area contributed by atoms with E-state index in [1.807, 2.05) is 0 Å². The third-order valence-corrected chi connectivity index (χ3v) is 4.10. The van der Waals surface area contributed by atoms with Crippen LogP contribution in [-0.2, 0) is 0 Å². The maximum absolute atomic E-state index is 11.4. The summed E-state index contributed by atoms with van der Waals surface area (Å²) in [6, 6.07) is 0. The molecule has 3 rings (SSSR count). The van der Waals surface area contributed by atoms with Gasteiger partial charge in [-0.1, -0.05) is 11.6 Å². The Bertz CT molecular complexity index is 467. The molecular weight excluding hydrogens is 226 g/mol. The normalized spacial score (nSPS) is 22.4. The quantitative estimate of drug-likeness (QED) is 0.813. The molecule has 1 aliphatic carbocycles. The van der Waals surface area contributed by atoms with Gasteiger partial charge in [0.2, 0.25) is 0 Å². The number of rotatable bonds is 1. The first kappa shape index (κ1) is 10.1. The smallest absolute Gasteiger partial charge is 0.285 e. The molecule has 0 radical (unpaired) electrons. The number of anilines is 1. The minimum Gasteiger partial charge on any atom is -0.368 e. The molecule has 4 nitrogen and oxygen atoms in total. The van der Waals surface area contributed by atoms with E-state index in [1.165, 1.54) is 25.7 Å². The molecule has 1 spiro atoms. The lowest BCUT2D eigenvalue weighted by atomic mass is 9.95. The zero-order chi connectivity index (χ0) is 11.2. The van der Waals surface area contributed by atoms with E-state index in [4.69, 9.17) is 11.6 Å². The highest BCUT2D eigenvalue weighted by molar-refractivity contribution is 6.33. The number of aromatic nitrogens is 2. The SMILES string of the molecule is O=c1[nH]ncc(N2CCCC3(CC3)C2)c1Cl. The predicted molar refractivity (Wildman–Crippen MR) is 63.0 cm³/mol. The van der Waals surface area contributed by atoms with E-state index >= 15 is 0 Å². The van der Waals surface area contributed by atoms with Crippen molar-refractivity contribution in [3.05, 3.63) is 21.6 Å². The number of aromatic amines is 1. The summed E-state index contributed by atoms with van der Waals surface area (Å²) in [4.78, 5) is 13.6. The summed E-state index contributed by atoms with van der Waals surface area (Å²) in [5.41, 5.74) is 1.01. The van der Waals surface area contributed by atoms with Crippen LogP contribution in [0.3, 0.4) is 0 Å². The summed E-state index contributed by atoms with van der Waals surface area (Å²) < 4.78 is 0. The Kier molecular flexibility index (Phi) is 2.21. The minimum absolute atomic E-state index is 0.271. The molecule has 0 aromatic carbocycles. The Hall–Kier alpha value is -1.03. The first-order valence-corrected chi connectivity index (χ1v) is 6.06. The Balaban J connectivity index is 1.91. The molecule has 0 unspecified atom stereocenters. The van der Waals surface area contributed by atoms with Gasteiger partial charge < -0.3 is 4.90 Å².